The van der Waals surface area contributed by atoms with Gasteiger partial charge >= 0.3 is 0 Å². The lowest BCUT2D eigenvalue weighted by Crippen LogP contribution is -2.61. The smallest absolute Gasteiger partial charge is 0.252 e. The molecule has 0 spiro atoms. The minimum atomic E-state index is -0.0696. The summed E-state index contributed by atoms with van der Waals surface area (Å²) in [6.45, 7) is 32.4. The van der Waals surface area contributed by atoms with Crippen LogP contribution in [0.15, 0.2) is 212 Å². The molecule has 2 aliphatic rings. The molecular weight excluding hydrogens is 1100 g/mol. The lowest BCUT2D eigenvalue weighted by Gasteiger charge is -2.45. The van der Waals surface area contributed by atoms with Crippen LogP contribution >= 0.6 is 11.3 Å². The van der Waals surface area contributed by atoms with Gasteiger partial charge in [-0.25, -0.2) is 0 Å². The molecule has 0 saturated heterocycles. The van der Waals surface area contributed by atoms with Gasteiger partial charge in [-0.2, -0.15) is 0 Å². The zero-order valence-corrected chi connectivity index (χ0v) is 54.8. The lowest BCUT2D eigenvalue weighted by atomic mass is 9.33. The molecule has 89 heavy (non-hydrogen) atoms. The van der Waals surface area contributed by atoms with Gasteiger partial charge in [-0.3, -0.25) is 0 Å². The highest BCUT2D eigenvalue weighted by molar-refractivity contribution is 7.25. The van der Waals surface area contributed by atoms with Crippen molar-refractivity contribution in [2.24, 2.45) is 0 Å². The molecule has 438 valence electrons. The Kier molecular flexibility index (Phi) is 13.0. The van der Waals surface area contributed by atoms with Crippen molar-refractivity contribution in [3.8, 4) is 16.8 Å². The molecule has 0 amide bonds. The number of nitrogens with zero attached hydrogens (tertiary/aromatic N) is 4. The first-order valence-corrected chi connectivity index (χ1v) is 32.6. The summed E-state index contributed by atoms with van der Waals surface area (Å²) in [7, 11) is 0. The first kappa shape index (κ1) is 56.4. The molecule has 0 aliphatic carbocycles. The second-order valence-corrected chi connectivity index (χ2v) is 29.7. The van der Waals surface area contributed by atoms with Gasteiger partial charge < -0.3 is 19.3 Å². The van der Waals surface area contributed by atoms with E-state index in [1.165, 1.54) is 142 Å². The summed E-state index contributed by atoms with van der Waals surface area (Å²) in [5.41, 5.74) is 30.6. The number of para-hydroxylation sites is 2. The fraction of sp³-hybridized carbons (Fsp3) is 0.205. The Morgan fingerprint density at radius 2 is 0.910 bits per heavy atom. The number of hydrogen-bond donors (Lipinski definition) is 0. The van der Waals surface area contributed by atoms with Crippen LogP contribution in [-0.2, 0) is 16.2 Å². The molecule has 11 aromatic carbocycles. The van der Waals surface area contributed by atoms with Gasteiger partial charge in [-0.15, -0.1) is 11.3 Å². The summed E-state index contributed by atoms with van der Waals surface area (Å²) in [5.74, 6) is 0. The molecule has 0 bridgehead atoms. The number of rotatable bonds is 7. The van der Waals surface area contributed by atoms with Crippen molar-refractivity contribution >= 4 is 128 Å². The Labute approximate surface area is 530 Å². The third kappa shape index (κ3) is 9.23. The maximum Gasteiger partial charge on any atom is 0.252 e. The minimum Gasteiger partial charge on any atom is -0.311 e. The third-order valence-corrected chi connectivity index (χ3v) is 20.4. The number of hydrogen-bond acceptors (Lipinski definition) is 4. The normalized spacial score (nSPS) is 13.2. The van der Waals surface area contributed by atoms with Gasteiger partial charge in [0.1, 0.15) is 0 Å². The first-order chi connectivity index (χ1) is 42.6. The summed E-state index contributed by atoms with van der Waals surface area (Å²) < 4.78 is 5.09. The summed E-state index contributed by atoms with van der Waals surface area (Å²) in [4.78, 5) is 7.78. The molecule has 2 aromatic heterocycles. The molecule has 0 atom stereocenters. The van der Waals surface area contributed by atoms with Crippen molar-refractivity contribution in [3.63, 3.8) is 0 Å². The van der Waals surface area contributed by atoms with Gasteiger partial charge in [0.2, 0.25) is 0 Å². The van der Waals surface area contributed by atoms with Gasteiger partial charge in [0.25, 0.3) is 6.71 Å². The minimum absolute atomic E-state index is 0.0172. The molecule has 13 aromatic rings. The average Bonchev–Trinajstić information content (AvgIpc) is 1.43. The van der Waals surface area contributed by atoms with Crippen LogP contribution in [0.4, 0.5) is 51.2 Å². The largest absolute Gasteiger partial charge is 0.311 e. The standard InChI is InChI=1S/C83H77BN4S/c1-50-40-74-79-75(41-50)88(63-44-51(2)78(52(3)45-63)55-28-36-67-66-25-19-21-27-76(66)89-77(67)46-55)73-49-62(35-39-69(73)84(79)68-38-31-57(82(9,10)11)47-72(68)87(74)60-32-29-56(30-33-60)81(6,7)8)85(80-53(4)42-58(43-54(80)5)83(12,13)14)61-34-37-65-64-24-18-20-26-70(64)86(71(65)48-61)59-22-16-15-17-23-59/h15-49H,1-14H3. The number of benzene rings is 11. The van der Waals surface area contributed by atoms with Crippen LogP contribution in [0.3, 0.4) is 0 Å². The number of fused-ring (bicyclic) bond motifs is 10. The second-order valence-electron chi connectivity index (χ2n) is 28.6. The highest BCUT2D eigenvalue weighted by atomic mass is 32.1. The SMILES string of the molecule is Cc1cc2c3c(c1)N(c1ccc(C(C)(C)C)cc1)c1cc(C(C)(C)C)ccc1B3c1ccc(N(c3ccc4c5ccccc5n(-c5ccccc5)c4c3)c3c(C)cc(C(C)(C)C)cc3C)cc1N2c1cc(C)c(-c2ccc3c(c2)sc2ccccc23)c(C)c1. The van der Waals surface area contributed by atoms with E-state index in [9.17, 15) is 0 Å². The number of thiophene rings is 1. The molecule has 0 saturated carbocycles. The predicted molar refractivity (Wildman–Crippen MR) is 388 cm³/mol. The molecule has 0 unspecified atom stereocenters. The van der Waals surface area contributed by atoms with Gasteiger partial charge in [0, 0.05) is 82.1 Å². The maximum atomic E-state index is 2.63. The molecule has 0 radical (unpaired) electrons. The van der Waals surface area contributed by atoms with Gasteiger partial charge in [0.05, 0.1) is 16.7 Å². The van der Waals surface area contributed by atoms with Crippen LogP contribution in [-0.4, -0.2) is 11.3 Å². The second kappa shape index (κ2) is 20.5. The summed E-state index contributed by atoms with van der Waals surface area (Å²) >= 11 is 1.89. The topological polar surface area (TPSA) is 14.7 Å². The zero-order valence-electron chi connectivity index (χ0n) is 54.0. The molecule has 0 N–H and O–H groups in total. The lowest BCUT2D eigenvalue weighted by molar-refractivity contribution is 0.589. The van der Waals surface area contributed by atoms with E-state index in [-0.39, 0.29) is 23.0 Å². The van der Waals surface area contributed by atoms with Crippen molar-refractivity contribution in [1.82, 2.24) is 4.57 Å². The molecule has 6 heteroatoms. The monoisotopic (exact) mass is 1170 g/mol. The number of aryl methyl sites for hydroxylation is 5. The Hall–Kier alpha value is -9.10. The number of aromatic nitrogens is 1. The van der Waals surface area contributed by atoms with Crippen LogP contribution in [0.5, 0.6) is 0 Å². The van der Waals surface area contributed by atoms with E-state index < -0.39 is 0 Å². The van der Waals surface area contributed by atoms with Crippen LogP contribution in [0.1, 0.15) is 107 Å². The van der Waals surface area contributed by atoms with Crippen LogP contribution in [0, 0.1) is 34.6 Å². The van der Waals surface area contributed by atoms with E-state index in [4.69, 9.17) is 0 Å². The average molecular weight is 1170 g/mol. The van der Waals surface area contributed by atoms with E-state index in [2.05, 4.69) is 329 Å². The summed E-state index contributed by atoms with van der Waals surface area (Å²) in [6, 6.07) is 81.7. The van der Waals surface area contributed by atoms with E-state index in [1.807, 2.05) is 11.3 Å². The fourth-order valence-electron chi connectivity index (χ4n) is 14.9. The Morgan fingerprint density at radius 1 is 0.371 bits per heavy atom. The van der Waals surface area contributed by atoms with Gasteiger partial charge in [0.15, 0.2) is 0 Å². The maximum absolute atomic E-state index is 2.63. The zero-order chi connectivity index (χ0) is 61.7. The predicted octanol–water partition coefficient (Wildman–Crippen LogP) is 21.8. The summed E-state index contributed by atoms with van der Waals surface area (Å²) in [5, 5.41) is 5.11. The van der Waals surface area contributed by atoms with Gasteiger partial charge in [-0.1, -0.05) is 178 Å². The van der Waals surface area contributed by atoms with Crippen molar-refractivity contribution in [1.29, 1.82) is 0 Å². The van der Waals surface area contributed by atoms with E-state index in [0.717, 1.165) is 28.4 Å². The van der Waals surface area contributed by atoms with Crippen molar-refractivity contribution in [2.45, 2.75) is 113 Å². The van der Waals surface area contributed by atoms with Crippen LogP contribution < -0.4 is 31.1 Å². The fourth-order valence-corrected chi connectivity index (χ4v) is 16.0. The third-order valence-electron chi connectivity index (χ3n) is 19.3. The Bertz CT molecular complexity index is 4990. The van der Waals surface area contributed by atoms with E-state index in [1.54, 1.807) is 0 Å². The first-order valence-electron chi connectivity index (χ1n) is 31.8. The van der Waals surface area contributed by atoms with Crippen LogP contribution in [0.2, 0.25) is 0 Å². The van der Waals surface area contributed by atoms with Gasteiger partial charge in [-0.05, 0) is 220 Å². The Morgan fingerprint density at radius 3 is 1.58 bits per heavy atom. The Balaban J connectivity index is 1.00. The number of anilines is 9. The molecular formula is C83H77BN4S. The van der Waals surface area contributed by atoms with E-state index >= 15 is 0 Å². The summed E-state index contributed by atoms with van der Waals surface area (Å²) in [6.07, 6.45) is 0. The van der Waals surface area contributed by atoms with Crippen molar-refractivity contribution in [3.05, 3.63) is 257 Å². The molecule has 4 nitrogen and oxygen atoms in total. The highest BCUT2D eigenvalue weighted by Gasteiger charge is 2.44. The molecule has 2 aliphatic heterocycles. The van der Waals surface area contributed by atoms with E-state index in [0.29, 0.717) is 0 Å². The van der Waals surface area contributed by atoms with Crippen LogP contribution in [0.25, 0.3) is 58.8 Å². The highest BCUT2D eigenvalue weighted by Crippen LogP contribution is 2.50. The van der Waals surface area contributed by atoms with Crippen molar-refractivity contribution < 1.29 is 0 Å². The molecule has 0 fully saturated rings. The van der Waals surface area contributed by atoms with Crippen molar-refractivity contribution in [2.75, 3.05) is 14.7 Å². The molecule has 4 heterocycles. The quantitative estimate of drug-likeness (QED) is 0.148. The molecule has 15 rings (SSSR count).